The van der Waals surface area contributed by atoms with Crippen LogP contribution in [0.2, 0.25) is 0 Å². The molecular formula is C17H16N4O3. The SMILES string of the molecule is O=C(c1ccoc1)N1CCCCC1c1nc(-c2cccnc2)no1. The quantitative estimate of drug-likeness (QED) is 0.736. The summed E-state index contributed by atoms with van der Waals surface area (Å²) in [5.41, 5.74) is 1.32. The molecule has 0 radical (unpaired) electrons. The highest BCUT2D eigenvalue weighted by Crippen LogP contribution is 2.32. The Morgan fingerprint density at radius 2 is 2.25 bits per heavy atom. The van der Waals surface area contributed by atoms with Gasteiger partial charge in [0.2, 0.25) is 11.7 Å². The Bertz CT molecular complexity index is 814. The number of hydrogen-bond donors (Lipinski definition) is 0. The van der Waals surface area contributed by atoms with Crippen LogP contribution in [0.25, 0.3) is 11.4 Å². The molecule has 1 aliphatic heterocycles. The van der Waals surface area contributed by atoms with E-state index in [2.05, 4.69) is 15.1 Å². The molecule has 0 aliphatic carbocycles. The van der Waals surface area contributed by atoms with Crippen molar-refractivity contribution in [3.05, 3.63) is 54.6 Å². The molecule has 3 aromatic rings. The van der Waals surface area contributed by atoms with Crippen molar-refractivity contribution in [2.45, 2.75) is 25.3 Å². The van der Waals surface area contributed by atoms with E-state index in [0.717, 1.165) is 24.8 Å². The van der Waals surface area contributed by atoms with Crippen LogP contribution in [0.4, 0.5) is 0 Å². The highest BCUT2D eigenvalue weighted by Gasteiger charge is 2.33. The second-order valence-electron chi connectivity index (χ2n) is 5.72. The Labute approximate surface area is 138 Å². The first kappa shape index (κ1) is 14.6. The summed E-state index contributed by atoms with van der Waals surface area (Å²) >= 11 is 0. The number of pyridine rings is 1. The van der Waals surface area contributed by atoms with E-state index in [1.165, 1.54) is 12.5 Å². The minimum Gasteiger partial charge on any atom is -0.472 e. The molecule has 1 atom stereocenters. The molecule has 1 fully saturated rings. The molecule has 1 unspecified atom stereocenters. The minimum atomic E-state index is -0.209. The molecule has 0 aromatic carbocycles. The zero-order valence-corrected chi connectivity index (χ0v) is 13.0. The minimum absolute atomic E-state index is 0.0745. The van der Waals surface area contributed by atoms with Crippen LogP contribution in [0.1, 0.15) is 41.6 Å². The second kappa shape index (κ2) is 6.27. The summed E-state index contributed by atoms with van der Waals surface area (Å²) < 4.78 is 10.5. The summed E-state index contributed by atoms with van der Waals surface area (Å²) in [6.07, 6.45) is 9.12. The van der Waals surface area contributed by atoms with Crippen LogP contribution < -0.4 is 0 Å². The Hall–Kier alpha value is -2.96. The number of amides is 1. The Kier molecular flexibility index (Phi) is 3.82. The molecule has 4 rings (SSSR count). The van der Waals surface area contributed by atoms with Crippen molar-refractivity contribution in [1.29, 1.82) is 0 Å². The molecule has 122 valence electrons. The van der Waals surface area contributed by atoms with Crippen LogP contribution in [0, 0.1) is 0 Å². The molecule has 7 nitrogen and oxygen atoms in total. The maximum absolute atomic E-state index is 12.7. The van der Waals surface area contributed by atoms with Gasteiger partial charge in [-0.15, -0.1) is 0 Å². The first-order chi connectivity index (χ1) is 11.8. The van der Waals surface area contributed by atoms with Crippen molar-refractivity contribution in [2.75, 3.05) is 6.54 Å². The summed E-state index contributed by atoms with van der Waals surface area (Å²) in [5.74, 6) is 0.874. The van der Waals surface area contributed by atoms with Crippen molar-refractivity contribution in [1.82, 2.24) is 20.0 Å². The predicted octanol–water partition coefficient (Wildman–Crippen LogP) is 3.09. The Morgan fingerprint density at radius 1 is 1.29 bits per heavy atom. The van der Waals surface area contributed by atoms with Gasteiger partial charge < -0.3 is 13.8 Å². The second-order valence-corrected chi connectivity index (χ2v) is 5.72. The van der Waals surface area contributed by atoms with E-state index in [1.54, 1.807) is 23.4 Å². The fourth-order valence-corrected chi connectivity index (χ4v) is 2.97. The summed E-state index contributed by atoms with van der Waals surface area (Å²) in [6.45, 7) is 0.666. The summed E-state index contributed by atoms with van der Waals surface area (Å²) in [6, 6.07) is 5.15. The van der Waals surface area contributed by atoms with E-state index >= 15 is 0 Å². The molecular weight excluding hydrogens is 308 g/mol. The molecule has 1 aliphatic rings. The van der Waals surface area contributed by atoms with Crippen molar-refractivity contribution in [3.63, 3.8) is 0 Å². The van der Waals surface area contributed by atoms with Gasteiger partial charge in [-0.2, -0.15) is 4.98 Å². The molecule has 3 aromatic heterocycles. The number of piperidine rings is 1. The largest absolute Gasteiger partial charge is 0.472 e. The molecule has 0 saturated carbocycles. The topological polar surface area (TPSA) is 85.3 Å². The van der Waals surface area contributed by atoms with Crippen LogP contribution in [-0.2, 0) is 0 Å². The lowest BCUT2D eigenvalue weighted by Crippen LogP contribution is -2.38. The van der Waals surface area contributed by atoms with Gasteiger partial charge in [0.15, 0.2) is 0 Å². The van der Waals surface area contributed by atoms with Gasteiger partial charge in [-0.3, -0.25) is 9.78 Å². The fourth-order valence-electron chi connectivity index (χ4n) is 2.97. The predicted molar refractivity (Wildman–Crippen MR) is 83.9 cm³/mol. The van der Waals surface area contributed by atoms with Gasteiger partial charge in [-0.05, 0) is 37.5 Å². The third-order valence-corrected chi connectivity index (χ3v) is 4.18. The number of carbonyl (C=O) groups is 1. The molecule has 0 bridgehead atoms. The average molecular weight is 324 g/mol. The van der Waals surface area contributed by atoms with Gasteiger partial charge in [-0.25, -0.2) is 0 Å². The lowest BCUT2D eigenvalue weighted by molar-refractivity contribution is 0.0560. The lowest BCUT2D eigenvalue weighted by atomic mass is 10.0. The van der Waals surface area contributed by atoms with E-state index in [0.29, 0.717) is 23.8 Å². The van der Waals surface area contributed by atoms with Crippen molar-refractivity contribution in [2.24, 2.45) is 0 Å². The van der Waals surface area contributed by atoms with Gasteiger partial charge >= 0.3 is 0 Å². The van der Waals surface area contributed by atoms with Gasteiger partial charge in [0.1, 0.15) is 12.3 Å². The molecule has 24 heavy (non-hydrogen) atoms. The maximum atomic E-state index is 12.7. The van der Waals surface area contributed by atoms with E-state index < -0.39 is 0 Å². The molecule has 7 heteroatoms. The van der Waals surface area contributed by atoms with Crippen LogP contribution in [-0.4, -0.2) is 32.5 Å². The Morgan fingerprint density at radius 3 is 3.04 bits per heavy atom. The van der Waals surface area contributed by atoms with Crippen LogP contribution in [0.5, 0.6) is 0 Å². The number of nitrogens with zero attached hydrogens (tertiary/aromatic N) is 4. The fraction of sp³-hybridized carbons (Fsp3) is 0.294. The van der Waals surface area contributed by atoms with Gasteiger partial charge in [0, 0.05) is 24.5 Å². The normalized spacial score (nSPS) is 17.8. The number of aromatic nitrogens is 3. The van der Waals surface area contributed by atoms with Crippen LogP contribution in [0.3, 0.4) is 0 Å². The lowest BCUT2D eigenvalue weighted by Gasteiger charge is -2.33. The highest BCUT2D eigenvalue weighted by molar-refractivity contribution is 5.94. The summed E-state index contributed by atoms with van der Waals surface area (Å²) in [5, 5.41) is 4.04. The van der Waals surface area contributed by atoms with Crippen molar-refractivity contribution < 1.29 is 13.7 Å². The maximum Gasteiger partial charge on any atom is 0.257 e. The zero-order valence-electron chi connectivity index (χ0n) is 13.0. The third kappa shape index (κ3) is 2.68. The first-order valence-corrected chi connectivity index (χ1v) is 7.90. The Balaban J connectivity index is 1.62. The number of hydrogen-bond acceptors (Lipinski definition) is 6. The average Bonchev–Trinajstić information content (AvgIpc) is 3.34. The van der Waals surface area contributed by atoms with Gasteiger partial charge in [-0.1, -0.05) is 5.16 Å². The van der Waals surface area contributed by atoms with Gasteiger partial charge in [0.25, 0.3) is 5.91 Å². The summed E-state index contributed by atoms with van der Waals surface area (Å²) in [4.78, 5) is 23.0. The number of likely N-dealkylation sites (tertiary alicyclic amines) is 1. The molecule has 1 amide bonds. The van der Waals surface area contributed by atoms with Crippen LogP contribution >= 0.6 is 0 Å². The van der Waals surface area contributed by atoms with E-state index in [4.69, 9.17) is 8.94 Å². The van der Waals surface area contributed by atoms with Crippen molar-refractivity contribution in [3.8, 4) is 11.4 Å². The molecule has 4 heterocycles. The number of carbonyl (C=O) groups excluding carboxylic acids is 1. The summed E-state index contributed by atoms with van der Waals surface area (Å²) in [7, 11) is 0. The van der Waals surface area contributed by atoms with Crippen LogP contribution in [0.15, 0.2) is 52.1 Å². The molecule has 0 spiro atoms. The van der Waals surface area contributed by atoms with E-state index in [-0.39, 0.29) is 11.9 Å². The first-order valence-electron chi connectivity index (χ1n) is 7.90. The zero-order chi connectivity index (χ0) is 16.4. The molecule has 0 N–H and O–H groups in total. The van der Waals surface area contributed by atoms with Gasteiger partial charge in [0.05, 0.1) is 11.8 Å². The standard InChI is InChI=1S/C17H16N4O3/c22-17(13-6-9-23-11-13)21-8-2-1-5-14(21)16-19-15(20-24-16)12-4-3-7-18-10-12/h3-4,6-7,9-11,14H,1-2,5,8H2. The molecule has 1 saturated heterocycles. The van der Waals surface area contributed by atoms with Crippen molar-refractivity contribution >= 4 is 5.91 Å². The number of rotatable bonds is 3. The number of furan rings is 1. The van der Waals surface area contributed by atoms with E-state index in [1.807, 2.05) is 12.1 Å². The smallest absolute Gasteiger partial charge is 0.257 e. The van der Waals surface area contributed by atoms with E-state index in [9.17, 15) is 4.79 Å². The third-order valence-electron chi connectivity index (χ3n) is 4.18. The monoisotopic (exact) mass is 324 g/mol. The highest BCUT2D eigenvalue weighted by atomic mass is 16.5.